The number of nitrogens with zero attached hydrogens (tertiary/aromatic N) is 1. The van der Waals surface area contributed by atoms with E-state index in [1.807, 2.05) is 12.1 Å². The number of furan rings is 1. The fourth-order valence-electron chi connectivity index (χ4n) is 9.89. The third-order valence-electron chi connectivity index (χ3n) is 12.8. The molecular formula is C56H39NO2. The predicted octanol–water partition coefficient (Wildman–Crippen LogP) is 15.4. The van der Waals surface area contributed by atoms with Gasteiger partial charge in [-0.2, -0.15) is 0 Å². The number of hydrogen-bond acceptors (Lipinski definition) is 3. The Morgan fingerprint density at radius 1 is 0.424 bits per heavy atom. The van der Waals surface area contributed by atoms with E-state index in [4.69, 9.17) is 9.15 Å². The van der Waals surface area contributed by atoms with Crippen molar-refractivity contribution in [1.82, 2.24) is 0 Å². The Kier molecular flexibility index (Phi) is 7.34. The average molecular weight is 758 g/mol. The first-order valence-corrected chi connectivity index (χ1v) is 20.4. The van der Waals surface area contributed by atoms with Crippen LogP contribution in [0.2, 0.25) is 0 Å². The third-order valence-corrected chi connectivity index (χ3v) is 12.8. The van der Waals surface area contributed by atoms with Crippen molar-refractivity contribution in [2.75, 3.05) is 4.90 Å². The van der Waals surface area contributed by atoms with Crippen LogP contribution in [0.4, 0.5) is 17.1 Å². The molecule has 280 valence electrons. The quantitative estimate of drug-likeness (QED) is 0.175. The van der Waals surface area contributed by atoms with Gasteiger partial charge in [0.25, 0.3) is 0 Å². The zero-order chi connectivity index (χ0) is 39.2. The second-order valence-corrected chi connectivity index (χ2v) is 16.4. The average Bonchev–Trinajstić information content (AvgIpc) is 3.77. The second-order valence-electron chi connectivity index (χ2n) is 16.4. The molecule has 3 nitrogen and oxygen atoms in total. The van der Waals surface area contributed by atoms with Crippen molar-refractivity contribution in [2.45, 2.75) is 25.9 Å². The van der Waals surface area contributed by atoms with Gasteiger partial charge < -0.3 is 14.1 Å². The Morgan fingerprint density at radius 3 is 2.00 bits per heavy atom. The number of para-hydroxylation sites is 2. The highest BCUT2D eigenvalue weighted by atomic mass is 16.5. The van der Waals surface area contributed by atoms with Gasteiger partial charge in [0.2, 0.25) is 0 Å². The van der Waals surface area contributed by atoms with Gasteiger partial charge in [-0.3, -0.25) is 0 Å². The maximum Gasteiger partial charge on any atom is 0.151 e. The maximum absolute atomic E-state index is 6.98. The zero-order valence-electron chi connectivity index (χ0n) is 32.9. The summed E-state index contributed by atoms with van der Waals surface area (Å²) in [5.41, 5.74) is 18.2. The van der Waals surface area contributed by atoms with Crippen molar-refractivity contribution in [1.29, 1.82) is 0 Å². The van der Waals surface area contributed by atoms with Gasteiger partial charge in [-0.05, 0) is 115 Å². The minimum atomic E-state index is -0.155. The lowest BCUT2D eigenvalue weighted by Gasteiger charge is -2.32. The summed E-state index contributed by atoms with van der Waals surface area (Å²) in [5, 5.41) is 4.73. The molecule has 0 amide bonds. The second kappa shape index (κ2) is 12.8. The Labute approximate surface area is 343 Å². The number of fused-ring (bicyclic) bond motifs is 11. The van der Waals surface area contributed by atoms with E-state index in [-0.39, 0.29) is 5.41 Å². The van der Waals surface area contributed by atoms with E-state index in [0.29, 0.717) is 6.61 Å². The molecule has 59 heavy (non-hydrogen) atoms. The Bertz CT molecular complexity index is 3320. The number of anilines is 3. The van der Waals surface area contributed by atoms with E-state index in [0.717, 1.165) is 61.4 Å². The predicted molar refractivity (Wildman–Crippen MR) is 244 cm³/mol. The Morgan fingerprint density at radius 2 is 1.10 bits per heavy atom. The van der Waals surface area contributed by atoms with Crippen LogP contribution in [-0.2, 0) is 12.0 Å². The van der Waals surface area contributed by atoms with Crippen molar-refractivity contribution < 1.29 is 9.15 Å². The van der Waals surface area contributed by atoms with Crippen molar-refractivity contribution >= 4 is 49.8 Å². The highest BCUT2D eigenvalue weighted by Crippen LogP contribution is 2.54. The van der Waals surface area contributed by atoms with Crippen LogP contribution < -0.4 is 9.64 Å². The number of rotatable bonds is 5. The van der Waals surface area contributed by atoms with Crippen molar-refractivity contribution in [3.63, 3.8) is 0 Å². The van der Waals surface area contributed by atoms with Gasteiger partial charge in [0, 0.05) is 38.7 Å². The summed E-state index contributed by atoms with van der Waals surface area (Å²) in [6, 6.07) is 68.0. The van der Waals surface area contributed by atoms with Gasteiger partial charge in [-0.15, -0.1) is 0 Å². The summed E-state index contributed by atoms with van der Waals surface area (Å²) in [4.78, 5) is 2.39. The fraction of sp³-hybridized carbons (Fsp3) is 0.0714. The molecule has 0 fully saturated rings. The van der Waals surface area contributed by atoms with Gasteiger partial charge in [-0.1, -0.05) is 147 Å². The molecule has 0 N–H and O–H groups in total. The highest BCUT2D eigenvalue weighted by molar-refractivity contribution is 6.07. The normalized spacial score (nSPS) is 13.5. The van der Waals surface area contributed by atoms with E-state index in [9.17, 15) is 0 Å². The molecule has 1 aliphatic heterocycles. The lowest BCUT2D eigenvalue weighted by Crippen LogP contribution is -2.17. The number of benzene rings is 9. The first-order valence-electron chi connectivity index (χ1n) is 20.4. The van der Waals surface area contributed by atoms with Crippen molar-refractivity contribution in [3.8, 4) is 50.3 Å². The van der Waals surface area contributed by atoms with Crippen LogP contribution in [0.3, 0.4) is 0 Å². The molecule has 0 radical (unpaired) electrons. The molecule has 12 rings (SSSR count). The summed E-state index contributed by atoms with van der Waals surface area (Å²) in [6.07, 6.45) is 0. The number of ether oxygens (including phenoxy) is 1. The smallest absolute Gasteiger partial charge is 0.151 e. The summed E-state index contributed by atoms with van der Waals surface area (Å²) in [7, 11) is 0. The summed E-state index contributed by atoms with van der Waals surface area (Å²) < 4.78 is 13.3. The van der Waals surface area contributed by atoms with Crippen LogP contribution in [0.1, 0.15) is 30.5 Å². The van der Waals surface area contributed by atoms with Crippen LogP contribution in [0.5, 0.6) is 5.75 Å². The molecule has 0 saturated carbocycles. The van der Waals surface area contributed by atoms with E-state index < -0.39 is 0 Å². The molecule has 0 saturated heterocycles. The van der Waals surface area contributed by atoms with Gasteiger partial charge in [0.1, 0.15) is 17.8 Å². The first-order chi connectivity index (χ1) is 29.0. The van der Waals surface area contributed by atoms with Crippen LogP contribution in [-0.4, -0.2) is 0 Å². The zero-order valence-corrected chi connectivity index (χ0v) is 32.9. The standard InChI is InChI=1S/C56H39NO2/c1-56(2)50-23-10-8-20-42(50)43-29-27-39(32-51(43)56)57(38-17-12-16-36(30-38)37-26-28-45-44-21-9-11-25-53(44)59-54(45)31-37)52-24-13-22-46-48-33-47(35-14-4-3-5-15-35)40-18-6-7-19-41(40)49(48)34-58-55(46)52/h3-33H,34H2,1-2H3. The van der Waals surface area contributed by atoms with E-state index in [2.05, 4.69) is 195 Å². The molecule has 10 aromatic rings. The van der Waals surface area contributed by atoms with Gasteiger partial charge in [0.05, 0.1) is 5.69 Å². The fourth-order valence-corrected chi connectivity index (χ4v) is 9.89. The lowest BCUT2D eigenvalue weighted by atomic mass is 9.82. The molecular weight excluding hydrogens is 719 g/mol. The van der Waals surface area contributed by atoms with Crippen LogP contribution >= 0.6 is 0 Å². The van der Waals surface area contributed by atoms with Gasteiger partial charge in [0.15, 0.2) is 5.75 Å². The van der Waals surface area contributed by atoms with Crippen molar-refractivity contribution in [2.24, 2.45) is 0 Å². The molecule has 3 heteroatoms. The summed E-state index contributed by atoms with van der Waals surface area (Å²) >= 11 is 0. The van der Waals surface area contributed by atoms with E-state index >= 15 is 0 Å². The van der Waals surface area contributed by atoms with Crippen LogP contribution in [0, 0.1) is 0 Å². The molecule has 9 aromatic carbocycles. The van der Waals surface area contributed by atoms with E-state index in [1.54, 1.807) is 0 Å². The summed E-state index contributed by atoms with van der Waals surface area (Å²) in [5.74, 6) is 0.881. The monoisotopic (exact) mass is 757 g/mol. The van der Waals surface area contributed by atoms with E-state index in [1.165, 1.54) is 55.3 Å². The molecule has 2 heterocycles. The minimum absolute atomic E-state index is 0.155. The third kappa shape index (κ3) is 5.14. The largest absolute Gasteiger partial charge is 0.486 e. The molecule has 1 aromatic heterocycles. The molecule has 0 bridgehead atoms. The van der Waals surface area contributed by atoms with Crippen LogP contribution in [0.25, 0.3) is 77.2 Å². The molecule has 0 spiro atoms. The maximum atomic E-state index is 6.98. The SMILES string of the molecule is CC1(C)c2ccccc2-c2ccc(N(c3cccc(-c4ccc5c(c4)oc4ccccc45)c3)c3cccc4c3OCc3c-4cc(-c4ccccc4)c4ccccc34)cc21. The molecule has 0 unspecified atom stereocenters. The molecule has 2 aliphatic rings. The summed E-state index contributed by atoms with van der Waals surface area (Å²) in [6.45, 7) is 5.17. The molecule has 1 aliphatic carbocycles. The van der Waals surface area contributed by atoms with Gasteiger partial charge >= 0.3 is 0 Å². The lowest BCUT2D eigenvalue weighted by molar-refractivity contribution is 0.305. The molecule has 0 atom stereocenters. The minimum Gasteiger partial charge on any atom is -0.486 e. The Hall–Kier alpha value is -7.36. The van der Waals surface area contributed by atoms with Gasteiger partial charge in [-0.25, -0.2) is 0 Å². The highest BCUT2D eigenvalue weighted by Gasteiger charge is 2.36. The van der Waals surface area contributed by atoms with Crippen molar-refractivity contribution in [3.05, 3.63) is 205 Å². The first kappa shape index (κ1) is 33.7. The Balaban J connectivity index is 1.06. The van der Waals surface area contributed by atoms with Crippen LogP contribution in [0.15, 0.2) is 192 Å². The topological polar surface area (TPSA) is 25.6 Å². The number of hydrogen-bond donors (Lipinski definition) is 0.